The largest absolute Gasteiger partial charge is 0.374 e. The van der Waals surface area contributed by atoms with Crippen molar-refractivity contribution >= 4 is 0 Å². The van der Waals surface area contributed by atoms with Crippen molar-refractivity contribution in [3.63, 3.8) is 0 Å². The molecule has 0 radical (unpaired) electrons. The summed E-state index contributed by atoms with van der Waals surface area (Å²) in [6.45, 7) is 5.56. The van der Waals surface area contributed by atoms with Gasteiger partial charge in [-0.05, 0) is 31.9 Å². The third-order valence-corrected chi connectivity index (χ3v) is 2.20. The molecule has 1 rings (SSSR count). The highest BCUT2D eigenvalue weighted by Crippen LogP contribution is 2.23. The van der Waals surface area contributed by atoms with Crippen LogP contribution in [0.15, 0.2) is 18.2 Å². The van der Waals surface area contributed by atoms with Crippen LogP contribution in [0.5, 0.6) is 0 Å². The monoisotopic (exact) mass is 174 g/mol. The molecule has 0 bridgehead atoms. The van der Waals surface area contributed by atoms with Crippen LogP contribution >= 0.6 is 0 Å². The maximum absolute atomic E-state index is 9.86. The van der Waals surface area contributed by atoms with Crippen molar-refractivity contribution < 1.29 is 5.11 Å². The summed E-state index contributed by atoms with van der Waals surface area (Å²) in [5.74, 6) is 2.38. The van der Waals surface area contributed by atoms with Gasteiger partial charge in [0.2, 0.25) is 0 Å². The van der Waals surface area contributed by atoms with Gasteiger partial charge in [0, 0.05) is 0 Å². The van der Waals surface area contributed by atoms with E-state index in [1.54, 1.807) is 6.92 Å². The fourth-order valence-corrected chi connectivity index (χ4v) is 1.34. The molecule has 0 aliphatic carbocycles. The molecular weight excluding hydrogens is 160 g/mol. The quantitative estimate of drug-likeness (QED) is 0.647. The van der Waals surface area contributed by atoms with E-state index in [9.17, 15) is 5.11 Å². The van der Waals surface area contributed by atoms with E-state index in [4.69, 9.17) is 6.42 Å². The lowest BCUT2D eigenvalue weighted by Crippen LogP contribution is -2.19. The molecule has 0 saturated heterocycles. The first-order valence-electron chi connectivity index (χ1n) is 4.25. The zero-order valence-electron chi connectivity index (χ0n) is 8.26. The molecule has 0 heterocycles. The second kappa shape index (κ2) is 3.24. The molecule has 13 heavy (non-hydrogen) atoms. The first-order valence-corrected chi connectivity index (χ1v) is 4.25. The SMILES string of the molecule is C#CC(C)(O)c1cc(C)ccc1C. The molecule has 0 spiro atoms. The van der Waals surface area contributed by atoms with E-state index in [1.165, 1.54) is 0 Å². The van der Waals surface area contributed by atoms with Crippen molar-refractivity contribution in [1.29, 1.82) is 0 Å². The van der Waals surface area contributed by atoms with Gasteiger partial charge in [0.1, 0.15) is 5.60 Å². The number of aryl methyl sites for hydroxylation is 2. The molecule has 68 valence electrons. The molecule has 1 atom stereocenters. The number of rotatable bonds is 1. The Morgan fingerprint density at radius 2 is 2.00 bits per heavy atom. The van der Waals surface area contributed by atoms with Gasteiger partial charge in [-0.1, -0.05) is 29.7 Å². The van der Waals surface area contributed by atoms with Crippen molar-refractivity contribution in [1.82, 2.24) is 0 Å². The molecule has 0 saturated carbocycles. The first kappa shape index (κ1) is 9.83. The third kappa shape index (κ3) is 1.91. The summed E-state index contributed by atoms with van der Waals surface area (Å²) in [4.78, 5) is 0. The lowest BCUT2D eigenvalue weighted by atomic mass is 9.91. The summed E-state index contributed by atoms with van der Waals surface area (Å²) in [5.41, 5.74) is 1.79. The Morgan fingerprint density at radius 1 is 1.38 bits per heavy atom. The minimum Gasteiger partial charge on any atom is -0.374 e. The zero-order chi connectivity index (χ0) is 10.1. The van der Waals surface area contributed by atoms with E-state index in [-0.39, 0.29) is 0 Å². The number of aliphatic hydroxyl groups is 1. The summed E-state index contributed by atoms with van der Waals surface area (Å²) in [7, 11) is 0. The van der Waals surface area contributed by atoms with Crippen molar-refractivity contribution in [3.8, 4) is 12.3 Å². The van der Waals surface area contributed by atoms with Crippen LogP contribution in [-0.4, -0.2) is 5.11 Å². The summed E-state index contributed by atoms with van der Waals surface area (Å²) < 4.78 is 0. The average Bonchev–Trinajstić information content (AvgIpc) is 2.09. The molecule has 1 aromatic carbocycles. The minimum absolute atomic E-state index is 0.815. The van der Waals surface area contributed by atoms with Crippen LogP contribution in [0.25, 0.3) is 0 Å². The number of benzene rings is 1. The normalized spacial score (nSPS) is 14.7. The van der Waals surface area contributed by atoms with Crippen molar-refractivity contribution in [3.05, 3.63) is 34.9 Å². The van der Waals surface area contributed by atoms with Gasteiger partial charge < -0.3 is 5.11 Å². The summed E-state index contributed by atoms with van der Waals surface area (Å²) in [5, 5.41) is 9.86. The van der Waals surface area contributed by atoms with Gasteiger partial charge in [-0.15, -0.1) is 6.42 Å². The molecule has 1 N–H and O–H groups in total. The van der Waals surface area contributed by atoms with Crippen LogP contribution in [-0.2, 0) is 5.60 Å². The third-order valence-electron chi connectivity index (χ3n) is 2.20. The van der Waals surface area contributed by atoms with Crippen LogP contribution in [0, 0.1) is 26.2 Å². The number of hydrogen-bond acceptors (Lipinski definition) is 1. The molecular formula is C12H14O. The Kier molecular flexibility index (Phi) is 2.45. The van der Waals surface area contributed by atoms with Gasteiger partial charge in [0.15, 0.2) is 0 Å². The van der Waals surface area contributed by atoms with Crippen LogP contribution in [0.2, 0.25) is 0 Å². The van der Waals surface area contributed by atoms with Gasteiger partial charge in [-0.3, -0.25) is 0 Å². The van der Waals surface area contributed by atoms with E-state index < -0.39 is 5.60 Å². The fourth-order valence-electron chi connectivity index (χ4n) is 1.34. The van der Waals surface area contributed by atoms with Crippen LogP contribution in [0.3, 0.4) is 0 Å². The minimum atomic E-state index is -1.16. The van der Waals surface area contributed by atoms with Gasteiger partial charge in [-0.25, -0.2) is 0 Å². The molecule has 0 fully saturated rings. The molecule has 1 nitrogen and oxygen atoms in total. The predicted molar refractivity (Wildman–Crippen MR) is 54.3 cm³/mol. The van der Waals surface area contributed by atoms with Gasteiger partial charge in [0.25, 0.3) is 0 Å². The van der Waals surface area contributed by atoms with Crippen LogP contribution < -0.4 is 0 Å². The molecule has 0 aromatic heterocycles. The maximum Gasteiger partial charge on any atom is 0.148 e. The first-order chi connectivity index (χ1) is 5.97. The highest BCUT2D eigenvalue weighted by Gasteiger charge is 2.21. The Balaban J connectivity index is 3.30. The van der Waals surface area contributed by atoms with Crippen molar-refractivity contribution in [2.75, 3.05) is 0 Å². The fraction of sp³-hybridized carbons (Fsp3) is 0.333. The lowest BCUT2D eigenvalue weighted by Gasteiger charge is -2.19. The molecule has 0 aliphatic heterocycles. The van der Waals surface area contributed by atoms with Crippen molar-refractivity contribution in [2.24, 2.45) is 0 Å². The van der Waals surface area contributed by atoms with Gasteiger partial charge >= 0.3 is 0 Å². The average molecular weight is 174 g/mol. The molecule has 1 heteroatoms. The molecule has 0 aliphatic rings. The molecule has 1 unspecified atom stereocenters. The standard InChI is InChI=1S/C12H14O/c1-5-12(4,13)11-8-9(2)6-7-10(11)3/h1,6-8,13H,2-4H3. The maximum atomic E-state index is 9.86. The van der Waals surface area contributed by atoms with Crippen LogP contribution in [0.1, 0.15) is 23.6 Å². The van der Waals surface area contributed by atoms with Crippen LogP contribution in [0.4, 0.5) is 0 Å². The number of hydrogen-bond donors (Lipinski definition) is 1. The van der Waals surface area contributed by atoms with Gasteiger partial charge in [0.05, 0.1) is 0 Å². The van der Waals surface area contributed by atoms with E-state index in [2.05, 4.69) is 5.92 Å². The van der Waals surface area contributed by atoms with E-state index in [1.807, 2.05) is 32.0 Å². The molecule has 1 aromatic rings. The van der Waals surface area contributed by atoms with E-state index >= 15 is 0 Å². The Hall–Kier alpha value is -1.26. The summed E-state index contributed by atoms with van der Waals surface area (Å²) in [6.07, 6.45) is 5.26. The van der Waals surface area contributed by atoms with Crippen molar-refractivity contribution in [2.45, 2.75) is 26.4 Å². The van der Waals surface area contributed by atoms with E-state index in [0.29, 0.717) is 0 Å². The van der Waals surface area contributed by atoms with E-state index in [0.717, 1.165) is 16.7 Å². The Labute approximate surface area is 79.4 Å². The number of terminal acetylenes is 1. The predicted octanol–water partition coefficient (Wildman–Crippen LogP) is 2.14. The lowest BCUT2D eigenvalue weighted by molar-refractivity contribution is 0.121. The zero-order valence-corrected chi connectivity index (χ0v) is 8.26. The van der Waals surface area contributed by atoms with Gasteiger partial charge in [-0.2, -0.15) is 0 Å². The Morgan fingerprint density at radius 3 is 2.54 bits per heavy atom. The smallest absolute Gasteiger partial charge is 0.148 e. The summed E-state index contributed by atoms with van der Waals surface area (Å²) >= 11 is 0. The highest BCUT2D eigenvalue weighted by atomic mass is 16.3. The topological polar surface area (TPSA) is 20.2 Å². The molecule has 0 amide bonds. The second-order valence-corrected chi connectivity index (χ2v) is 3.53. The second-order valence-electron chi connectivity index (χ2n) is 3.53. The highest BCUT2D eigenvalue weighted by molar-refractivity contribution is 5.38. The summed E-state index contributed by atoms with van der Waals surface area (Å²) in [6, 6.07) is 5.90. The Bertz CT molecular complexity index is 356.